The van der Waals surface area contributed by atoms with Crippen molar-refractivity contribution in [1.29, 1.82) is 0 Å². The van der Waals surface area contributed by atoms with Crippen molar-refractivity contribution in [2.24, 2.45) is 5.73 Å². The molecule has 0 spiro atoms. The molecule has 0 aromatic heterocycles. The molecule has 1 aliphatic rings. The Bertz CT molecular complexity index is 330. The van der Waals surface area contributed by atoms with Crippen LogP contribution in [-0.2, 0) is 6.54 Å². The minimum Gasteiger partial charge on any atom is -0.399 e. The van der Waals surface area contributed by atoms with E-state index in [0.717, 1.165) is 31.6 Å². The van der Waals surface area contributed by atoms with Gasteiger partial charge < -0.3 is 16.8 Å². The Morgan fingerprint density at radius 3 is 2.60 bits per heavy atom. The molecule has 1 aromatic rings. The van der Waals surface area contributed by atoms with Gasteiger partial charge in [-0.1, -0.05) is 6.07 Å². The molecule has 0 amide bonds. The van der Waals surface area contributed by atoms with E-state index in [1.807, 2.05) is 12.1 Å². The van der Waals surface area contributed by atoms with Crippen LogP contribution in [-0.4, -0.2) is 13.1 Å². The third-order valence-corrected chi connectivity index (χ3v) is 2.94. The predicted molar refractivity (Wildman–Crippen MR) is 63.2 cm³/mol. The van der Waals surface area contributed by atoms with Crippen LogP contribution in [0.15, 0.2) is 18.2 Å². The number of nitrogen functional groups attached to an aromatic ring is 1. The van der Waals surface area contributed by atoms with Crippen molar-refractivity contribution in [2.75, 3.05) is 18.8 Å². The second-order valence-corrected chi connectivity index (χ2v) is 3.97. The van der Waals surface area contributed by atoms with Crippen molar-refractivity contribution >= 4 is 5.69 Å². The molecule has 1 aliphatic heterocycles. The Balaban J connectivity index is 2.27. The molecular weight excluding hydrogens is 186 g/mol. The van der Waals surface area contributed by atoms with E-state index in [4.69, 9.17) is 11.5 Å². The van der Waals surface area contributed by atoms with Crippen LogP contribution in [0.4, 0.5) is 5.69 Å². The Hall–Kier alpha value is -1.06. The van der Waals surface area contributed by atoms with Crippen LogP contribution < -0.4 is 16.8 Å². The summed E-state index contributed by atoms with van der Waals surface area (Å²) in [6.07, 6.45) is 2.22. The van der Waals surface area contributed by atoms with Gasteiger partial charge in [-0.3, -0.25) is 0 Å². The molecular formula is C12H18N3. The quantitative estimate of drug-likeness (QED) is 0.630. The molecule has 0 saturated carbocycles. The third-order valence-electron chi connectivity index (χ3n) is 2.94. The average molecular weight is 204 g/mol. The monoisotopic (exact) mass is 204 g/mol. The smallest absolute Gasteiger partial charge is 0.0317 e. The highest BCUT2D eigenvalue weighted by atomic mass is 14.9. The molecule has 0 bridgehead atoms. The van der Waals surface area contributed by atoms with Gasteiger partial charge >= 0.3 is 0 Å². The van der Waals surface area contributed by atoms with Gasteiger partial charge in [0.25, 0.3) is 0 Å². The van der Waals surface area contributed by atoms with Crippen molar-refractivity contribution in [3.63, 3.8) is 0 Å². The van der Waals surface area contributed by atoms with Crippen LogP contribution in [0.25, 0.3) is 0 Å². The van der Waals surface area contributed by atoms with Crippen LogP contribution in [0.2, 0.25) is 0 Å². The van der Waals surface area contributed by atoms with Gasteiger partial charge in [0.1, 0.15) is 0 Å². The number of hydrogen-bond acceptors (Lipinski definition) is 3. The van der Waals surface area contributed by atoms with Crippen molar-refractivity contribution in [1.82, 2.24) is 5.32 Å². The minimum absolute atomic E-state index is 0.590. The second-order valence-electron chi connectivity index (χ2n) is 3.97. The van der Waals surface area contributed by atoms with Crippen LogP contribution in [0.3, 0.4) is 0 Å². The molecule has 1 radical (unpaired) electrons. The number of nitrogens with one attached hydrogen (secondary N) is 1. The normalized spacial score (nSPS) is 17.9. The topological polar surface area (TPSA) is 64.1 Å². The fourth-order valence-electron chi connectivity index (χ4n) is 2.10. The molecule has 1 saturated heterocycles. The first-order valence-electron chi connectivity index (χ1n) is 5.45. The van der Waals surface area contributed by atoms with Crippen molar-refractivity contribution in [2.45, 2.75) is 19.4 Å². The lowest BCUT2D eigenvalue weighted by molar-refractivity contribution is 0.563. The van der Waals surface area contributed by atoms with E-state index in [1.165, 1.54) is 17.0 Å². The predicted octanol–water partition coefficient (Wildman–Crippen LogP) is 1.03. The van der Waals surface area contributed by atoms with Gasteiger partial charge in [0.05, 0.1) is 0 Å². The van der Waals surface area contributed by atoms with Crippen LogP contribution in [0.1, 0.15) is 24.0 Å². The first-order chi connectivity index (χ1) is 7.31. The molecule has 5 N–H and O–H groups in total. The zero-order valence-electron chi connectivity index (χ0n) is 8.92. The Morgan fingerprint density at radius 1 is 1.20 bits per heavy atom. The lowest BCUT2D eigenvalue weighted by Crippen LogP contribution is -2.27. The van der Waals surface area contributed by atoms with Crippen molar-refractivity contribution < 1.29 is 0 Å². The standard InChI is InChI=1S/C12H18N3/c13-8-10-1-2-11(14)7-12(10)9-3-5-15-6-4-9/h1-2,7,15H,3-6,8,13-14H2. The first kappa shape index (κ1) is 10.5. The lowest BCUT2D eigenvalue weighted by atomic mass is 9.87. The Labute approximate surface area is 90.8 Å². The molecule has 0 unspecified atom stereocenters. The minimum atomic E-state index is 0.590. The highest BCUT2D eigenvalue weighted by Gasteiger charge is 2.18. The third kappa shape index (κ3) is 2.30. The molecule has 15 heavy (non-hydrogen) atoms. The number of piperidine rings is 1. The fourth-order valence-corrected chi connectivity index (χ4v) is 2.10. The van der Waals surface area contributed by atoms with Gasteiger partial charge in [-0.15, -0.1) is 0 Å². The summed E-state index contributed by atoms with van der Waals surface area (Å²) in [5.41, 5.74) is 14.9. The van der Waals surface area contributed by atoms with E-state index in [-0.39, 0.29) is 0 Å². The van der Waals surface area contributed by atoms with Gasteiger partial charge in [0.2, 0.25) is 0 Å². The molecule has 0 atom stereocenters. The second kappa shape index (κ2) is 4.64. The van der Waals surface area contributed by atoms with Gasteiger partial charge in [-0.25, -0.2) is 0 Å². The number of anilines is 1. The zero-order valence-corrected chi connectivity index (χ0v) is 8.92. The van der Waals surface area contributed by atoms with Gasteiger partial charge in [0, 0.05) is 18.2 Å². The first-order valence-corrected chi connectivity index (χ1v) is 5.45. The van der Waals surface area contributed by atoms with Gasteiger partial charge in [-0.2, -0.15) is 0 Å². The maximum absolute atomic E-state index is 5.82. The van der Waals surface area contributed by atoms with E-state index in [9.17, 15) is 0 Å². The van der Waals surface area contributed by atoms with E-state index in [0.29, 0.717) is 6.54 Å². The van der Waals surface area contributed by atoms with Crippen LogP contribution in [0.5, 0.6) is 0 Å². The summed E-state index contributed by atoms with van der Waals surface area (Å²) in [7, 11) is 0. The molecule has 81 valence electrons. The largest absolute Gasteiger partial charge is 0.399 e. The average Bonchev–Trinajstić information content (AvgIpc) is 2.30. The number of rotatable bonds is 2. The zero-order chi connectivity index (χ0) is 10.7. The summed E-state index contributed by atoms with van der Waals surface area (Å²) < 4.78 is 0. The van der Waals surface area contributed by atoms with E-state index in [2.05, 4.69) is 11.4 Å². The molecule has 3 heteroatoms. The van der Waals surface area contributed by atoms with E-state index in [1.54, 1.807) is 0 Å². The molecule has 3 nitrogen and oxygen atoms in total. The molecule has 0 aliphatic carbocycles. The van der Waals surface area contributed by atoms with Crippen molar-refractivity contribution in [3.8, 4) is 0 Å². The number of hydrogen-bond donors (Lipinski definition) is 3. The molecule has 1 aromatic carbocycles. The number of nitrogens with two attached hydrogens (primary N) is 2. The Kier molecular flexibility index (Phi) is 3.23. The van der Waals surface area contributed by atoms with E-state index < -0.39 is 0 Å². The maximum Gasteiger partial charge on any atom is 0.0317 e. The Morgan fingerprint density at radius 2 is 1.93 bits per heavy atom. The van der Waals surface area contributed by atoms with Crippen LogP contribution >= 0.6 is 0 Å². The van der Waals surface area contributed by atoms with Crippen molar-refractivity contribution in [3.05, 3.63) is 35.2 Å². The molecule has 2 rings (SSSR count). The summed E-state index contributed by atoms with van der Waals surface area (Å²) >= 11 is 0. The maximum atomic E-state index is 5.82. The summed E-state index contributed by atoms with van der Waals surface area (Å²) in [4.78, 5) is 0. The fraction of sp³-hybridized carbons (Fsp3) is 0.417. The van der Waals surface area contributed by atoms with Gasteiger partial charge in [0.15, 0.2) is 0 Å². The number of benzene rings is 1. The molecule has 1 fully saturated rings. The summed E-state index contributed by atoms with van der Waals surface area (Å²) in [5.74, 6) is 1.49. The van der Waals surface area contributed by atoms with Crippen LogP contribution in [0, 0.1) is 5.92 Å². The lowest BCUT2D eigenvalue weighted by Gasteiger charge is -2.24. The van der Waals surface area contributed by atoms with Gasteiger partial charge in [-0.05, 0) is 49.2 Å². The summed E-state index contributed by atoms with van der Waals surface area (Å²) in [6, 6.07) is 6.02. The SMILES string of the molecule is NCc1ccc(N)cc1[C]1CCNCC1. The molecule has 1 heterocycles. The highest BCUT2D eigenvalue weighted by molar-refractivity contribution is 5.50. The van der Waals surface area contributed by atoms with E-state index >= 15 is 0 Å². The summed E-state index contributed by atoms with van der Waals surface area (Å²) in [6.45, 7) is 2.72. The highest BCUT2D eigenvalue weighted by Crippen LogP contribution is 2.28. The summed E-state index contributed by atoms with van der Waals surface area (Å²) in [5, 5.41) is 3.35.